The van der Waals surface area contributed by atoms with Crippen molar-refractivity contribution in [3.63, 3.8) is 0 Å². The topological polar surface area (TPSA) is 97.9 Å². The van der Waals surface area contributed by atoms with E-state index in [0.717, 1.165) is 70.8 Å². The van der Waals surface area contributed by atoms with Gasteiger partial charge in [-0.25, -0.2) is 13.2 Å². The van der Waals surface area contributed by atoms with Gasteiger partial charge in [-0.1, -0.05) is 30.7 Å². The normalized spacial score (nSPS) is 26.0. The molecule has 3 fully saturated rings. The van der Waals surface area contributed by atoms with E-state index in [9.17, 15) is 13.2 Å². The number of amides is 2. The number of benzene rings is 2. The summed E-state index contributed by atoms with van der Waals surface area (Å²) in [6.45, 7) is 7.34. The van der Waals surface area contributed by atoms with Crippen LogP contribution in [0.1, 0.15) is 43.2 Å². The van der Waals surface area contributed by atoms with Crippen molar-refractivity contribution < 1.29 is 13.2 Å². The molecule has 47 heavy (non-hydrogen) atoms. The minimum absolute atomic E-state index is 0.0299. The van der Waals surface area contributed by atoms with Crippen LogP contribution in [0.25, 0.3) is 0 Å². The number of nitrogens with zero attached hydrogens (tertiary/aromatic N) is 4. The van der Waals surface area contributed by atoms with Crippen molar-refractivity contribution in [3.05, 3.63) is 84.2 Å². The lowest BCUT2D eigenvalue weighted by molar-refractivity contribution is 0.0347. The zero-order valence-electron chi connectivity index (χ0n) is 27.6. The summed E-state index contributed by atoms with van der Waals surface area (Å²) >= 11 is 0. The Morgan fingerprint density at radius 1 is 0.936 bits per heavy atom. The zero-order valence-corrected chi connectivity index (χ0v) is 28.5. The minimum Gasteiger partial charge on any atom is -0.371 e. The second-order valence-electron chi connectivity index (χ2n) is 14.3. The third kappa shape index (κ3) is 6.16. The van der Waals surface area contributed by atoms with Crippen LogP contribution in [0.5, 0.6) is 0 Å². The number of piperidine rings is 1. The average molecular weight is 657 g/mol. The fourth-order valence-corrected chi connectivity index (χ4v) is 10.6. The Hall–Kier alpha value is -3.47. The van der Waals surface area contributed by atoms with Crippen molar-refractivity contribution in [1.29, 1.82) is 0 Å². The third-order valence-electron chi connectivity index (χ3n) is 11.5. The molecule has 3 aromatic rings. The van der Waals surface area contributed by atoms with Gasteiger partial charge >= 0.3 is 6.03 Å². The Labute approximate surface area is 279 Å². The molecule has 3 aliphatic heterocycles. The second kappa shape index (κ2) is 13.2. The number of likely N-dealkylation sites (N-methyl/N-ethyl adjacent to an activating group) is 1. The molecule has 10 heteroatoms. The predicted octanol–water partition coefficient (Wildman–Crippen LogP) is 4.54. The SMILES string of the molecule is CNC(=O)N[C@@H]1CCC[C@H]1C1(C2CCN(CC3CN(c4ccc(S(=O)(=O)c5ccncc5)cc4)C3)CC2)CN(C)Cc2ccccc21. The Morgan fingerprint density at radius 2 is 1.64 bits per heavy atom. The highest BCUT2D eigenvalue weighted by Crippen LogP contribution is 2.53. The van der Waals surface area contributed by atoms with Gasteiger partial charge in [0.25, 0.3) is 0 Å². The molecule has 250 valence electrons. The Bertz CT molecular complexity index is 1650. The van der Waals surface area contributed by atoms with Crippen LogP contribution < -0.4 is 15.5 Å². The van der Waals surface area contributed by atoms with Crippen LogP contribution in [0.3, 0.4) is 0 Å². The predicted molar refractivity (Wildman–Crippen MR) is 184 cm³/mol. The number of likely N-dealkylation sites (tertiary alicyclic amines) is 1. The standard InChI is InChI=1S/C37H48N6O3S/c1-38-36(44)40-35-9-5-8-34(35)37(26-41(2)25-28-6-3-4-7-33(28)37)29-16-20-42(21-17-29)22-27-23-43(24-27)30-10-12-31(13-11-30)47(45,46)32-14-18-39-19-15-32/h3-4,6-7,10-15,18-19,27,29,34-35H,5,8-9,16-17,20-26H2,1-2H3,(H2,38,40,44)/t34-,35-,37?/m1/s1. The third-order valence-corrected chi connectivity index (χ3v) is 13.3. The van der Waals surface area contributed by atoms with Gasteiger partial charge in [-0.3, -0.25) is 4.98 Å². The maximum absolute atomic E-state index is 13.0. The van der Waals surface area contributed by atoms with Gasteiger partial charge < -0.3 is 25.3 Å². The summed E-state index contributed by atoms with van der Waals surface area (Å²) in [5, 5.41) is 6.16. The van der Waals surface area contributed by atoms with Crippen LogP contribution >= 0.6 is 0 Å². The molecular formula is C37H48N6O3S. The number of sulfone groups is 1. The lowest BCUT2D eigenvalue weighted by Crippen LogP contribution is -2.60. The summed E-state index contributed by atoms with van der Waals surface area (Å²) in [5.41, 5.74) is 4.09. The van der Waals surface area contributed by atoms with E-state index in [-0.39, 0.29) is 22.4 Å². The van der Waals surface area contributed by atoms with Crippen LogP contribution in [0.15, 0.2) is 82.8 Å². The molecule has 1 aliphatic carbocycles. The lowest BCUT2D eigenvalue weighted by Gasteiger charge is -2.55. The second-order valence-corrected chi connectivity index (χ2v) is 16.2. The van der Waals surface area contributed by atoms with Crippen molar-refractivity contribution in [2.75, 3.05) is 58.3 Å². The largest absolute Gasteiger partial charge is 0.371 e. The highest BCUT2D eigenvalue weighted by Gasteiger charge is 2.54. The van der Waals surface area contributed by atoms with E-state index >= 15 is 0 Å². The number of anilines is 1. The molecule has 4 heterocycles. The van der Waals surface area contributed by atoms with Gasteiger partial charge in [0.05, 0.1) is 9.79 Å². The maximum Gasteiger partial charge on any atom is 0.314 e. The minimum atomic E-state index is -3.54. The highest BCUT2D eigenvalue weighted by atomic mass is 32.2. The number of hydrogen-bond donors (Lipinski definition) is 2. The first kappa shape index (κ1) is 32.1. The maximum atomic E-state index is 13.0. The molecule has 7 rings (SSSR count). The van der Waals surface area contributed by atoms with Crippen LogP contribution in [0.4, 0.5) is 10.5 Å². The lowest BCUT2D eigenvalue weighted by atomic mass is 9.56. The summed E-state index contributed by atoms with van der Waals surface area (Å²) in [6, 6.07) is 19.6. The molecule has 4 aliphatic rings. The number of urea groups is 1. The number of rotatable bonds is 8. The highest BCUT2D eigenvalue weighted by molar-refractivity contribution is 7.91. The van der Waals surface area contributed by atoms with Crippen molar-refractivity contribution in [3.8, 4) is 0 Å². The molecule has 1 aromatic heterocycles. The van der Waals surface area contributed by atoms with Crippen LogP contribution in [0, 0.1) is 17.8 Å². The number of aromatic nitrogens is 1. The van der Waals surface area contributed by atoms with Gasteiger partial charge in [0.1, 0.15) is 0 Å². The quantitative estimate of drug-likeness (QED) is 0.368. The molecule has 2 aromatic carbocycles. The molecule has 2 N–H and O–H groups in total. The number of carbonyl (C=O) groups is 1. The van der Waals surface area contributed by atoms with E-state index in [0.29, 0.717) is 22.6 Å². The Balaban J connectivity index is 0.996. The summed E-state index contributed by atoms with van der Waals surface area (Å²) in [5.74, 6) is 1.60. The number of hydrogen-bond acceptors (Lipinski definition) is 7. The van der Waals surface area contributed by atoms with Crippen LogP contribution in [-0.2, 0) is 21.8 Å². The van der Waals surface area contributed by atoms with Gasteiger partial charge in [-0.15, -0.1) is 0 Å². The Kier molecular flexibility index (Phi) is 9.02. The van der Waals surface area contributed by atoms with Crippen molar-refractivity contribution >= 4 is 21.6 Å². The molecular weight excluding hydrogens is 609 g/mol. The summed E-state index contributed by atoms with van der Waals surface area (Å²) < 4.78 is 25.9. The first-order valence-corrected chi connectivity index (χ1v) is 18.7. The molecule has 2 amide bonds. The summed E-state index contributed by atoms with van der Waals surface area (Å²) in [6.07, 6.45) is 8.73. The molecule has 0 bridgehead atoms. The smallest absolute Gasteiger partial charge is 0.314 e. The molecule has 9 nitrogen and oxygen atoms in total. The van der Waals surface area contributed by atoms with Gasteiger partial charge in [0, 0.05) is 75.2 Å². The Morgan fingerprint density at radius 3 is 2.36 bits per heavy atom. The molecule has 2 saturated heterocycles. The van der Waals surface area contributed by atoms with Crippen LogP contribution in [-0.4, -0.2) is 88.6 Å². The van der Waals surface area contributed by atoms with E-state index in [1.807, 2.05) is 12.1 Å². The molecule has 0 spiro atoms. The van der Waals surface area contributed by atoms with E-state index < -0.39 is 9.84 Å². The zero-order chi connectivity index (χ0) is 32.6. The van der Waals surface area contributed by atoms with Crippen LogP contribution in [0.2, 0.25) is 0 Å². The van der Waals surface area contributed by atoms with Gasteiger partial charge in [0.15, 0.2) is 0 Å². The van der Waals surface area contributed by atoms with E-state index in [2.05, 4.69) is 61.6 Å². The first-order chi connectivity index (χ1) is 22.8. The summed E-state index contributed by atoms with van der Waals surface area (Å²) in [4.78, 5) is 24.6. The molecule has 0 radical (unpaired) electrons. The number of carbonyl (C=O) groups excluding carboxylic acids is 1. The summed E-state index contributed by atoms with van der Waals surface area (Å²) in [7, 11) is 0.440. The van der Waals surface area contributed by atoms with Gasteiger partial charge in [-0.05, 0) is 105 Å². The van der Waals surface area contributed by atoms with E-state index in [1.54, 1.807) is 19.2 Å². The van der Waals surface area contributed by atoms with Gasteiger partial charge in [-0.2, -0.15) is 0 Å². The fraction of sp³-hybridized carbons (Fsp3) is 0.514. The monoisotopic (exact) mass is 656 g/mol. The van der Waals surface area contributed by atoms with Gasteiger partial charge in [0.2, 0.25) is 9.84 Å². The van der Waals surface area contributed by atoms with E-state index in [1.165, 1.54) is 48.5 Å². The van der Waals surface area contributed by atoms with Crippen molar-refractivity contribution in [2.45, 2.75) is 59.9 Å². The molecule has 3 atom stereocenters. The number of nitrogens with one attached hydrogen (secondary N) is 2. The number of fused-ring (bicyclic) bond motifs is 1. The van der Waals surface area contributed by atoms with Crippen molar-refractivity contribution in [1.82, 2.24) is 25.4 Å². The number of pyridine rings is 1. The van der Waals surface area contributed by atoms with E-state index in [4.69, 9.17) is 0 Å². The molecule has 1 unspecified atom stereocenters. The first-order valence-electron chi connectivity index (χ1n) is 17.3. The average Bonchev–Trinajstić information content (AvgIpc) is 3.55. The fourth-order valence-electron chi connectivity index (χ4n) is 9.33. The van der Waals surface area contributed by atoms with Crippen molar-refractivity contribution in [2.24, 2.45) is 17.8 Å². The molecule has 1 saturated carbocycles.